The minimum atomic E-state index is -15.4. The summed E-state index contributed by atoms with van der Waals surface area (Å²) in [5.41, 5.74) is 0. The molecule has 0 nitrogen and oxygen atoms in total. The maximum Gasteiger partial charge on any atom is 0 e. The van der Waals surface area contributed by atoms with Gasteiger partial charge in [-0.15, -0.1) is 0 Å². The molecule has 0 atom stereocenters. The second kappa shape index (κ2) is 1.18. The molecule has 0 aromatic carbocycles. The van der Waals surface area contributed by atoms with Crippen molar-refractivity contribution in [2.45, 2.75) is 0 Å². The summed E-state index contributed by atoms with van der Waals surface area (Å²) in [7, 11) is 0. The van der Waals surface area contributed by atoms with Gasteiger partial charge in [-0.3, -0.25) is 0 Å². The number of rotatable bonds is 0. The topological polar surface area (TPSA) is 0 Å². The van der Waals surface area contributed by atoms with Gasteiger partial charge in [0.1, 0.15) is 0 Å². The van der Waals surface area contributed by atoms with Crippen molar-refractivity contribution in [3.63, 3.8) is 0 Å². The van der Waals surface area contributed by atoms with Crippen molar-refractivity contribution in [3.8, 4) is 0 Å². The molecule has 0 saturated carbocycles. The van der Waals surface area contributed by atoms with E-state index in [1.165, 1.54) is 0 Å². The molecule has 0 spiro atoms. The van der Waals surface area contributed by atoms with Crippen molar-refractivity contribution in [2.24, 2.45) is 0 Å². The molecule has 0 aliphatic rings. The molecule has 0 rings (SSSR count). The minimum Gasteiger partial charge on any atom is 0 e. The smallest absolute Gasteiger partial charge is 0 e. The first kappa shape index (κ1) is 14.4. The van der Waals surface area contributed by atoms with Crippen molar-refractivity contribution in [3.05, 3.63) is 0 Å². The van der Waals surface area contributed by atoms with Gasteiger partial charge in [-0.05, 0) is 0 Å². The van der Waals surface area contributed by atoms with Crippen LogP contribution in [-0.2, 0) is 24.3 Å². The van der Waals surface area contributed by atoms with Crippen LogP contribution in [-0.4, -0.2) is 0 Å². The normalized spacial score (nSPS) is 28.0. The second-order valence-electron chi connectivity index (χ2n) is 2.31. The van der Waals surface area contributed by atoms with E-state index in [4.69, 9.17) is 0 Å². The monoisotopic (exact) mass is 400 g/mol. The maximum atomic E-state index is 9.95. The molecule has 0 aliphatic heterocycles. The van der Waals surface area contributed by atoms with E-state index in [0.717, 1.165) is 0 Å². The molecule has 1 radical (unpaired) electrons. The van der Waals surface area contributed by atoms with Gasteiger partial charge in [-0.25, -0.2) is 0 Å². The van der Waals surface area contributed by atoms with Crippen LogP contribution in [0.15, 0.2) is 0 Å². The Morgan fingerprint density at radius 2 is 0.500 bits per heavy atom. The van der Waals surface area contributed by atoms with Crippen LogP contribution in [0.25, 0.3) is 0 Å². The molecule has 0 bridgehead atoms. The molecule has 0 N–H and O–H groups in total. The van der Waals surface area contributed by atoms with E-state index in [1.807, 2.05) is 0 Å². The largest absolute Gasteiger partial charge is 0 e. The zero-order valence-electron chi connectivity index (χ0n) is 3.93. The molecule has 0 aliphatic carbocycles. The second-order valence-corrected chi connectivity index (χ2v) is 13.7. The Hall–Kier alpha value is 1.83. The third-order valence-electron chi connectivity index (χ3n) is 0. The number of halogens is 8. The minimum absolute atomic E-state index is 0. The molecular weight excluding hydrogens is 400 g/mol. The van der Waals surface area contributed by atoms with Gasteiger partial charge in [0.05, 0.1) is 0 Å². The Labute approximate surface area is 76.9 Å². The van der Waals surface area contributed by atoms with Crippen molar-refractivity contribution >= 4 is 0 Å². The molecule has 0 amide bonds. The van der Waals surface area contributed by atoms with Gasteiger partial charge in [-0.2, -0.15) is 0 Å². The van der Waals surface area contributed by atoms with E-state index >= 15 is 0 Å². The SMILES string of the molecule is [F][Y]([F])([F])([F])([F])([F])([F])[F].[Tb]. The first-order chi connectivity index (χ1) is 2.83. The van der Waals surface area contributed by atoms with E-state index in [1.54, 1.807) is 0 Å². The van der Waals surface area contributed by atoms with Crippen LogP contribution >= 0.6 is 0 Å². The van der Waals surface area contributed by atoms with Crippen LogP contribution in [0, 0.1) is 38.6 Å². The van der Waals surface area contributed by atoms with Gasteiger partial charge in [0.25, 0.3) is 0 Å². The van der Waals surface area contributed by atoms with Gasteiger partial charge >= 0.3 is 39.7 Å². The van der Waals surface area contributed by atoms with Crippen molar-refractivity contribution in [1.29, 1.82) is 0 Å². The zero-order valence-corrected chi connectivity index (χ0v) is 8.91. The van der Waals surface area contributed by atoms with E-state index in [2.05, 4.69) is 0 Å². The first-order valence-corrected chi connectivity index (χ1v) is 10.3. The summed E-state index contributed by atoms with van der Waals surface area (Å²) in [6.07, 6.45) is 0. The van der Waals surface area contributed by atoms with Gasteiger partial charge in [0.15, 0.2) is 0 Å². The molecule has 0 saturated heterocycles. The molecule has 10 heavy (non-hydrogen) atoms. The fraction of sp³-hybridized carbons (Fsp3) is 0. The molecule has 0 aromatic rings. The average Bonchev–Trinajstić information content (AvgIpc) is 0.503. The van der Waals surface area contributed by atoms with Crippen molar-refractivity contribution in [1.82, 2.24) is 0 Å². The fourth-order valence-electron chi connectivity index (χ4n) is 0. The summed E-state index contributed by atoms with van der Waals surface area (Å²) in [5, 5.41) is 0. The van der Waals surface area contributed by atoms with Crippen LogP contribution < -0.4 is 0 Å². The standard InChI is InChI=1S/8FH.Tb.Y/h8*1H;;/q;;;;;;;;;+8/p-8. The quantitative estimate of drug-likeness (QED) is 0.548. The predicted molar refractivity (Wildman–Crippen MR) is 8.86 cm³/mol. The molecule has 0 heterocycles. The van der Waals surface area contributed by atoms with Gasteiger partial charge in [0.2, 0.25) is 0 Å². The van der Waals surface area contributed by atoms with Crippen LogP contribution in [0.1, 0.15) is 0 Å². The number of hydrogen-bond donors (Lipinski definition) is 0. The molecule has 10 heteroatoms. The van der Waals surface area contributed by atoms with Crippen LogP contribution in [0.2, 0.25) is 0 Å². The molecule has 0 aromatic heterocycles. The average molecular weight is 400 g/mol. The summed E-state index contributed by atoms with van der Waals surface area (Å²) in [6, 6.07) is 0. The van der Waals surface area contributed by atoms with Gasteiger partial charge in [0, 0.05) is 38.6 Å². The van der Waals surface area contributed by atoms with Gasteiger partial charge in [-0.1, -0.05) is 0 Å². The Morgan fingerprint density at radius 3 is 0.500 bits per heavy atom. The Bertz CT molecular complexity index is 144. The summed E-state index contributed by atoms with van der Waals surface area (Å²) in [6.45, 7) is 0. The van der Waals surface area contributed by atoms with E-state index < -0.39 is 24.3 Å². The summed E-state index contributed by atoms with van der Waals surface area (Å²) in [4.78, 5) is 0. The first-order valence-electron chi connectivity index (χ1n) is 1.75. The summed E-state index contributed by atoms with van der Waals surface area (Å²) in [5.74, 6) is 0. The van der Waals surface area contributed by atoms with Crippen molar-refractivity contribution in [2.75, 3.05) is 0 Å². The van der Waals surface area contributed by atoms with Crippen LogP contribution in [0.3, 0.4) is 0 Å². The number of hydrogen-bond acceptors (Lipinski definition) is 0. The molecular formula is F8TbY. The third kappa shape index (κ3) is 229. The van der Waals surface area contributed by atoms with E-state index in [9.17, 15) is 15.4 Å². The maximum absolute atomic E-state index is 15.4. The van der Waals surface area contributed by atoms with Crippen LogP contribution in [0.5, 0.6) is 0 Å². The van der Waals surface area contributed by atoms with E-state index in [0.29, 0.717) is 0 Å². The fourth-order valence-corrected chi connectivity index (χ4v) is 0. The predicted octanol–water partition coefficient (Wildman–Crippen LogP) is 3.36. The van der Waals surface area contributed by atoms with E-state index in [-0.39, 0.29) is 38.6 Å². The van der Waals surface area contributed by atoms with Gasteiger partial charge < -0.3 is 0 Å². The Balaban J connectivity index is 0. The summed E-state index contributed by atoms with van der Waals surface area (Å²) >= 11 is -15.4. The summed E-state index contributed by atoms with van der Waals surface area (Å²) < 4.78 is 79.6. The Kier molecular flexibility index (Phi) is 1.69. The van der Waals surface area contributed by atoms with Crippen LogP contribution in [0.4, 0.5) is 15.4 Å². The molecule has 68 valence electrons. The Morgan fingerprint density at radius 1 is 0.500 bits per heavy atom. The zero-order chi connectivity index (χ0) is 8.35. The molecule has 0 fully saturated rings. The third-order valence-corrected chi connectivity index (χ3v) is 0. The van der Waals surface area contributed by atoms with Crippen molar-refractivity contribution < 1.29 is 78.3 Å². The molecule has 0 unspecified atom stereocenters.